The lowest BCUT2D eigenvalue weighted by molar-refractivity contribution is 0.331. The third kappa shape index (κ3) is 3.00. The number of halogens is 1. The number of benzene rings is 1. The number of hydrogen-bond acceptors (Lipinski definition) is 1. The molecule has 1 aromatic carbocycles. The van der Waals surface area contributed by atoms with Crippen LogP contribution in [0, 0.1) is 0 Å². The molecule has 2 rings (SSSR count). The van der Waals surface area contributed by atoms with Gasteiger partial charge in [-0.25, -0.2) is 0 Å². The van der Waals surface area contributed by atoms with Gasteiger partial charge in [-0.1, -0.05) is 42.9 Å². The normalized spacial score (nSPS) is 19.5. The molecule has 1 heterocycles. The zero-order valence-electron chi connectivity index (χ0n) is 10.5. The number of allylic oxidation sites excluding steroid dienone is 1. The Kier molecular flexibility index (Phi) is 3.76. The summed E-state index contributed by atoms with van der Waals surface area (Å²) >= 11 is 5.91. The number of aliphatic hydroxyl groups is 1. The Balaban J connectivity index is 2.36. The minimum atomic E-state index is -1.10. The molecule has 1 aromatic rings. The van der Waals surface area contributed by atoms with E-state index in [0.29, 0.717) is 0 Å². The second-order valence-corrected chi connectivity index (χ2v) is 11.2. The Morgan fingerprint density at radius 3 is 2.47 bits per heavy atom. The molecule has 0 fully saturated rings. The molecule has 17 heavy (non-hydrogen) atoms. The quantitative estimate of drug-likeness (QED) is 0.796. The zero-order valence-corrected chi connectivity index (χ0v) is 12.2. The molecule has 1 N–H and O–H groups in total. The number of hydrogen-bond donors (Lipinski definition) is 1. The van der Waals surface area contributed by atoms with Gasteiger partial charge in [-0.3, -0.25) is 0 Å². The smallest absolute Gasteiger partial charge is 0.0644 e. The molecule has 1 nitrogen and oxygen atoms in total. The van der Waals surface area contributed by atoms with Crippen molar-refractivity contribution in [2.24, 2.45) is 0 Å². The first kappa shape index (κ1) is 12.9. The van der Waals surface area contributed by atoms with Crippen LogP contribution in [0.15, 0.2) is 29.8 Å². The van der Waals surface area contributed by atoms with E-state index in [1.807, 2.05) is 12.1 Å². The minimum absolute atomic E-state index is 0.203. The summed E-state index contributed by atoms with van der Waals surface area (Å²) in [4.78, 5) is 0. The number of rotatable bonds is 2. The van der Waals surface area contributed by atoms with Crippen LogP contribution in [0.5, 0.6) is 0 Å². The van der Waals surface area contributed by atoms with E-state index in [4.69, 9.17) is 11.6 Å². The van der Waals surface area contributed by atoms with E-state index in [-0.39, 0.29) is 6.61 Å². The van der Waals surface area contributed by atoms with Crippen molar-refractivity contribution in [3.63, 3.8) is 0 Å². The van der Waals surface area contributed by atoms with Crippen molar-refractivity contribution in [3.05, 3.63) is 40.4 Å². The average Bonchev–Trinajstić information content (AvgIpc) is 2.29. The molecule has 0 aliphatic carbocycles. The number of aliphatic hydroxyl groups excluding tert-OH is 1. The summed E-state index contributed by atoms with van der Waals surface area (Å²) in [5.74, 6) is 0. The third-order valence-corrected chi connectivity index (χ3v) is 6.79. The molecule has 3 heteroatoms. The molecule has 0 atom stereocenters. The van der Waals surface area contributed by atoms with E-state index in [2.05, 4.69) is 25.2 Å². The van der Waals surface area contributed by atoms with Gasteiger partial charge in [0.15, 0.2) is 0 Å². The fraction of sp³-hybridized carbons (Fsp3) is 0.429. The molecular formula is C14H19ClOSi. The lowest BCUT2D eigenvalue weighted by Crippen LogP contribution is -2.29. The third-order valence-electron chi connectivity index (χ3n) is 3.55. The first-order chi connectivity index (χ1) is 8.02. The maximum atomic E-state index is 9.55. The summed E-state index contributed by atoms with van der Waals surface area (Å²) in [5.41, 5.74) is 3.81. The Hall–Kier alpha value is -0.573. The van der Waals surface area contributed by atoms with Crippen LogP contribution in [0.4, 0.5) is 0 Å². The van der Waals surface area contributed by atoms with E-state index in [9.17, 15) is 5.11 Å². The fourth-order valence-corrected chi connectivity index (χ4v) is 5.27. The lowest BCUT2D eigenvalue weighted by atomic mass is 9.98. The van der Waals surface area contributed by atoms with Crippen molar-refractivity contribution in [1.82, 2.24) is 0 Å². The van der Waals surface area contributed by atoms with E-state index in [0.717, 1.165) is 17.5 Å². The SMILES string of the molecule is C[Si]1(C)CCC(c2ccc(Cl)cc2)=C(CO)C1. The molecule has 0 saturated heterocycles. The maximum Gasteiger partial charge on any atom is 0.0644 e. The van der Waals surface area contributed by atoms with Crippen LogP contribution in [0.1, 0.15) is 12.0 Å². The predicted octanol–water partition coefficient (Wildman–Crippen LogP) is 4.20. The van der Waals surface area contributed by atoms with Crippen molar-refractivity contribution in [2.75, 3.05) is 6.61 Å². The topological polar surface area (TPSA) is 20.2 Å². The van der Waals surface area contributed by atoms with E-state index in [1.165, 1.54) is 22.8 Å². The fourth-order valence-electron chi connectivity index (χ4n) is 2.56. The van der Waals surface area contributed by atoms with Gasteiger partial charge in [0.2, 0.25) is 0 Å². The maximum absolute atomic E-state index is 9.55. The largest absolute Gasteiger partial charge is 0.392 e. The molecular weight excluding hydrogens is 248 g/mol. The van der Waals surface area contributed by atoms with Crippen molar-refractivity contribution in [2.45, 2.75) is 31.6 Å². The highest BCUT2D eigenvalue weighted by Gasteiger charge is 2.28. The van der Waals surface area contributed by atoms with Crippen LogP contribution in [0.25, 0.3) is 5.57 Å². The molecule has 92 valence electrons. The summed E-state index contributed by atoms with van der Waals surface area (Å²) in [6.45, 7) is 5.01. The van der Waals surface area contributed by atoms with Crippen LogP contribution in [-0.4, -0.2) is 19.8 Å². The van der Waals surface area contributed by atoms with Crippen LogP contribution in [0.2, 0.25) is 30.2 Å². The lowest BCUT2D eigenvalue weighted by Gasteiger charge is -2.31. The predicted molar refractivity (Wildman–Crippen MR) is 77.2 cm³/mol. The minimum Gasteiger partial charge on any atom is -0.392 e. The van der Waals surface area contributed by atoms with Gasteiger partial charge >= 0.3 is 0 Å². The molecule has 0 aromatic heterocycles. The first-order valence-electron chi connectivity index (χ1n) is 6.09. The van der Waals surface area contributed by atoms with Gasteiger partial charge in [-0.15, -0.1) is 0 Å². The first-order valence-corrected chi connectivity index (χ1v) is 9.89. The van der Waals surface area contributed by atoms with E-state index in [1.54, 1.807) is 0 Å². The highest BCUT2D eigenvalue weighted by Crippen LogP contribution is 2.37. The monoisotopic (exact) mass is 266 g/mol. The summed E-state index contributed by atoms with van der Waals surface area (Å²) in [6, 6.07) is 10.4. The molecule has 0 saturated carbocycles. The van der Waals surface area contributed by atoms with Gasteiger partial charge in [0.1, 0.15) is 0 Å². The van der Waals surface area contributed by atoms with Crippen molar-refractivity contribution >= 4 is 25.2 Å². The van der Waals surface area contributed by atoms with Crippen LogP contribution in [0.3, 0.4) is 0 Å². The Labute approximate surface area is 109 Å². The van der Waals surface area contributed by atoms with E-state index >= 15 is 0 Å². The van der Waals surface area contributed by atoms with E-state index < -0.39 is 8.07 Å². The molecule has 1 aliphatic rings. The van der Waals surface area contributed by atoms with Crippen LogP contribution >= 0.6 is 11.6 Å². The second-order valence-electron chi connectivity index (χ2n) is 5.59. The summed E-state index contributed by atoms with van der Waals surface area (Å²) < 4.78 is 0. The highest BCUT2D eigenvalue weighted by molar-refractivity contribution is 6.78. The Morgan fingerprint density at radius 2 is 1.88 bits per heavy atom. The standard InChI is InChI=1S/C14H19ClOSi/c1-17(2)8-7-14(12(9-16)10-17)11-3-5-13(15)6-4-11/h3-6,16H,7-10H2,1-2H3. The van der Waals surface area contributed by atoms with Gasteiger partial charge in [0.25, 0.3) is 0 Å². The van der Waals surface area contributed by atoms with Crippen LogP contribution in [-0.2, 0) is 0 Å². The Bertz CT molecular complexity index is 434. The van der Waals surface area contributed by atoms with Crippen molar-refractivity contribution < 1.29 is 5.11 Å². The molecule has 0 unspecified atom stereocenters. The molecule has 0 spiro atoms. The van der Waals surface area contributed by atoms with Crippen molar-refractivity contribution in [1.29, 1.82) is 0 Å². The highest BCUT2D eigenvalue weighted by atomic mass is 35.5. The summed E-state index contributed by atoms with van der Waals surface area (Å²) in [5, 5.41) is 10.3. The molecule has 0 amide bonds. The Morgan fingerprint density at radius 1 is 1.24 bits per heavy atom. The van der Waals surface area contributed by atoms with Gasteiger partial charge in [0, 0.05) is 5.02 Å². The summed E-state index contributed by atoms with van der Waals surface area (Å²) in [7, 11) is -1.10. The summed E-state index contributed by atoms with van der Waals surface area (Å²) in [6.07, 6.45) is 1.11. The van der Waals surface area contributed by atoms with Crippen molar-refractivity contribution in [3.8, 4) is 0 Å². The molecule has 0 bridgehead atoms. The van der Waals surface area contributed by atoms with Gasteiger partial charge < -0.3 is 5.11 Å². The van der Waals surface area contributed by atoms with Crippen LogP contribution < -0.4 is 0 Å². The zero-order chi connectivity index (χ0) is 12.5. The van der Waals surface area contributed by atoms with Gasteiger partial charge in [0.05, 0.1) is 14.7 Å². The van der Waals surface area contributed by atoms with Gasteiger partial charge in [-0.05, 0) is 41.3 Å². The molecule has 0 radical (unpaired) electrons. The average molecular weight is 267 g/mol. The van der Waals surface area contributed by atoms with Gasteiger partial charge in [-0.2, -0.15) is 0 Å². The molecule has 1 aliphatic heterocycles. The second kappa shape index (κ2) is 4.97.